The van der Waals surface area contributed by atoms with E-state index in [9.17, 15) is 4.79 Å². The predicted molar refractivity (Wildman–Crippen MR) is 88.3 cm³/mol. The van der Waals surface area contributed by atoms with Gasteiger partial charge in [-0.2, -0.15) is 0 Å². The smallest absolute Gasteiger partial charge is 0.317 e. The molecule has 1 spiro atoms. The van der Waals surface area contributed by atoms with Gasteiger partial charge in [0, 0.05) is 32.0 Å². The summed E-state index contributed by atoms with van der Waals surface area (Å²) in [6, 6.07) is 0.784. The van der Waals surface area contributed by atoms with Crippen molar-refractivity contribution in [2.75, 3.05) is 44.8 Å². The highest BCUT2D eigenvalue weighted by Crippen LogP contribution is 2.33. The molecule has 138 valence electrons. The van der Waals surface area contributed by atoms with Gasteiger partial charge in [0.05, 0.1) is 26.4 Å². The summed E-state index contributed by atoms with van der Waals surface area (Å²) in [5, 5.41) is 14.0. The second-order valence-corrected chi connectivity index (χ2v) is 7.27. The molecule has 3 fully saturated rings. The number of nitrogens with zero attached hydrogens (tertiary/aromatic N) is 3. The molecule has 0 bridgehead atoms. The van der Waals surface area contributed by atoms with Crippen LogP contribution < -0.4 is 10.6 Å². The Balaban J connectivity index is 1.33. The van der Waals surface area contributed by atoms with E-state index in [1.54, 1.807) is 6.92 Å². The van der Waals surface area contributed by atoms with Crippen molar-refractivity contribution in [3.63, 3.8) is 0 Å². The molecule has 2 aliphatic heterocycles. The van der Waals surface area contributed by atoms with Crippen molar-refractivity contribution in [1.82, 2.24) is 20.4 Å². The summed E-state index contributed by atoms with van der Waals surface area (Å²) >= 11 is 0. The lowest BCUT2D eigenvalue weighted by molar-refractivity contribution is -0.0530. The summed E-state index contributed by atoms with van der Waals surface area (Å²) in [5.41, 5.74) is -0.422. The van der Waals surface area contributed by atoms with Crippen molar-refractivity contribution in [2.24, 2.45) is 5.92 Å². The van der Waals surface area contributed by atoms with Gasteiger partial charge in [0.1, 0.15) is 5.60 Å². The molecule has 0 unspecified atom stereocenters. The molecule has 4 rings (SSSR count). The fraction of sp³-hybridized carbons (Fsp3) is 0.812. The summed E-state index contributed by atoms with van der Waals surface area (Å²) in [7, 11) is 0. The lowest BCUT2D eigenvalue weighted by atomic mass is 9.94. The third-order valence-corrected chi connectivity index (χ3v) is 4.90. The SMILES string of the molecule is Cc1nnc(NC[C@@H]2CO[C@@]3(COCCN(C(=O)NC4CC4)C3)C2)o1. The number of amides is 2. The number of ether oxygens (including phenoxy) is 2. The number of nitrogens with one attached hydrogen (secondary N) is 2. The first-order chi connectivity index (χ1) is 12.1. The van der Waals surface area contributed by atoms with Crippen LogP contribution in [0.25, 0.3) is 0 Å². The topological polar surface area (TPSA) is 102 Å². The lowest BCUT2D eigenvalue weighted by Gasteiger charge is -2.31. The van der Waals surface area contributed by atoms with Gasteiger partial charge in [-0.25, -0.2) is 4.79 Å². The number of carbonyl (C=O) groups is 1. The van der Waals surface area contributed by atoms with Crippen molar-refractivity contribution in [3.8, 4) is 0 Å². The first kappa shape index (κ1) is 16.6. The van der Waals surface area contributed by atoms with Crippen LogP contribution in [0.1, 0.15) is 25.2 Å². The van der Waals surface area contributed by atoms with Crippen LogP contribution in [0.3, 0.4) is 0 Å². The summed E-state index contributed by atoms with van der Waals surface area (Å²) in [6.07, 6.45) is 3.00. The molecule has 1 saturated carbocycles. The van der Waals surface area contributed by atoms with Crippen molar-refractivity contribution in [2.45, 2.75) is 37.8 Å². The zero-order valence-electron chi connectivity index (χ0n) is 14.5. The van der Waals surface area contributed by atoms with Gasteiger partial charge in [0.15, 0.2) is 0 Å². The Kier molecular flexibility index (Phi) is 4.51. The van der Waals surface area contributed by atoms with Gasteiger partial charge in [-0.05, 0) is 19.3 Å². The molecule has 0 aromatic carbocycles. The Hall–Kier alpha value is -1.87. The van der Waals surface area contributed by atoms with E-state index in [1.807, 2.05) is 4.90 Å². The molecule has 9 heteroatoms. The van der Waals surface area contributed by atoms with Crippen LogP contribution >= 0.6 is 0 Å². The number of rotatable bonds is 4. The van der Waals surface area contributed by atoms with E-state index in [0.717, 1.165) is 19.3 Å². The molecule has 1 aliphatic carbocycles. The van der Waals surface area contributed by atoms with Gasteiger partial charge in [-0.1, -0.05) is 5.10 Å². The molecular formula is C16H25N5O4. The summed E-state index contributed by atoms with van der Waals surface area (Å²) in [5.74, 6) is 0.846. The standard InChI is InChI=1S/C16H25N5O4/c1-11-19-20-14(25-11)17-7-12-6-16(24-8-12)9-21(4-5-23-10-16)15(22)18-13-2-3-13/h12-13H,2-10H2,1H3,(H,17,20)(H,18,22)/t12-,16+/m1/s1. The van der Waals surface area contributed by atoms with Gasteiger partial charge in [0.2, 0.25) is 5.89 Å². The highest BCUT2D eigenvalue weighted by Gasteiger charge is 2.44. The minimum Gasteiger partial charge on any atom is -0.408 e. The summed E-state index contributed by atoms with van der Waals surface area (Å²) in [6.45, 7) is 5.33. The quantitative estimate of drug-likeness (QED) is 0.826. The van der Waals surface area contributed by atoms with E-state index in [4.69, 9.17) is 13.9 Å². The largest absolute Gasteiger partial charge is 0.408 e. The number of anilines is 1. The molecule has 1 aromatic heterocycles. The first-order valence-corrected chi connectivity index (χ1v) is 8.93. The van der Waals surface area contributed by atoms with Crippen LogP contribution in [0.5, 0.6) is 0 Å². The second kappa shape index (κ2) is 6.80. The van der Waals surface area contributed by atoms with Crippen LogP contribution in [0, 0.1) is 12.8 Å². The van der Waals surface area contributed by atoms with Crippen molar-refractivity contribution in [1.29, 1.82) is 0 Å². The molecule has 3 aliphatic rings. The maximum absolute atomic E-state index is 12.4. The monoisotopic (exact) mass is 351 g/mol. The molecule has 2 amide bonds. The number of aryl methyl sites for hydroxylation is 1. The number of hydrogen-bond donors (Lipinski definition) is 2. The van der Waals surface area contributed by atoms with E-state index < -0.39 is 5.60 Å². The number of urea groups is 1. The first-order valence-electron chi connectivity index (χ1n) is 8.93. The van der Waals surface area contributed by atoms with Crippen LogP contribution in [-0.2, 0) is 9.47 Å². The van der Waals surface area contributed by atoms with Gasteiger partial charge in [0.25, 0.3) is 0 Å². The molecule has 2 atom stereocenters. The van der Waals surface area contributed by atoms with Crippen molar-refractivity contribution in [3.05, 3.63) is 5.89 Å². The zero-order chi connectivity index (χ0) is 17.3. The van der Waals surface area contributed by atoms with Gasteiger partial charge in [-0.15, -0.1) is 5.10 Å². The Morgan fingerprint density at radius 2 is 2.28 bits per heavy atom. The average Bonchev–Trinajstić information content (AvgIpc) is 3.22. The highest BCUT2D eigenvalue weighted by molar-refractivity contribution is 5.75. The number of hydrogen-bond acceptors (Lipinski definition) is 7. The minimum atomic E-state index is -0.422. The van der Waals surface area contributed by atoms with Crippen LogP contribution in [-0.4, -0.2) is 72.2 Å². The van der Waals surface area contributed by atoms with E-state index in [-0.39, 0.29) is 6.03 Å². The zero-order valence-corrected chi connectivity index (χ0v) is 14.5. The Morgan fingerprint density at radius 1 is 1.40 bits per heavy atom. The normalized spacial score (nSPS) is 29.6. The fourth-order valence-electron chi connectivity index (χ4n) is 3.45. The van der Waals surface area contributed by atoms with Crippen LogP contribution in [0.15, 0.2) is 4.42 Å². The van der Waals surface area contributed by atoms with Crippen molar-refractivity contribution < 1.29 is 18.7 Å². The van der Waals surface area contributed by atoms with E-state index in [0.29, 0.717) is 63.3 Å². The highest BCUT2D eigenvalue weighted by atomic mass is 16.5. The molecular weight excluding hydrogens is 326 g/mol. The fourth-order valence-corrected chi connectivity index (χ4v) is 3.45. The molecule has 2 saturated heterocycles. The van der Waals surface area contributed by atoms with Gasteiger partial charge in [-0.3, -0.25) is 0 Å². The third-order valence-electron chi connectivity index (χ3n) is 4.90. The maximum Gasteiger partial charge on any atom is 0.317 e. The summed E-state index contributed by atoms with van der Waals surface area (Å²) < 4.78 is 17.2. The Bertz CT molecular complexity index is 619. The van der Waals surface area contributed by atoms with Crippen LogP contribution in [0.2, 0.25) is 0 Å². The Morgan fingerprint density at radius 3 is 3.04 bits per heavy atom. The average molecular weight is 351 g/mol. The van der Waals surface area contributed by atoms with E-state index in [1.165, 1.54) is 0 Å². The molecule has 9 nitrogen and oxygen atoms in total. The predicted octanol–water partition coefficient (Wildman–Crippen LogP) is 0.769. The molecule has 25 heavy (non-hydrogen) atoms. The van der Waals surface area contributed by atoms with Gasteiger partial charge >= 0.3 is 12.0 Å². The van der Waals surface area contributed by atoms with E-state index in [2.05, 4.69) is 20.8 Å². The van der Waals surface area contributed by atoms with Crippen LogP contribution in [0.4, 0.5) is 10.8 Å². The van der Waals surface area contributed by atoms with E-state index >= 15 is 0 Å². The summed E-state index contributed by atoms with van der Waals surface area (Å²) in [4.78, 5) is 14.2. The Labute approximate surface area is 146 Å². The van der Waals surface area contributed by atoms with Crippen molar-refractivity contribution >= 4 is 12.0 Å². The minimum absolute atomic E-state index is 0.00103. The lowest BCUT2D eigenvalue weighted by Crippen LogP contribution is -2.50. The maximum atomic E-state index is 12.4. The molecule has 0 radical (unpaired) electrons. The molecule has 2 N–H and O–H groups in total. The molecule has 1 aromatic rings. The number of aromatic nitrogens is 2. The molecule has 3 heterocycles. The third kappa shape index (κ3) is 4.04. The van der Waals surface area contributed by atoms with Gasteiger partial charge < -0.3 is 29.4 Å². The number of carbonyl (C=O) groups excluding carboxylic acids is 1. The second-order valence-electron chi connectivity index (χ2n) is 7.27.